The highest BCUT2D eigenvalue weighted by atomic mass is 19.4. The zero-order valence-corrected chi connectivity index (χ0v) is 9.31. The van der Waals surface area contributed by atoms with Crippen LogP contribution >= 0.6 is 0 Å². The Kier molecular flexibility index (Phi) is 3.28. The molecule has 0 heterocycles. The fourth-order valence-electron chi connectivity index (χ4n) is 2.07. The second-order valence-electron chi connectivity index (χ2n) is 4.08. The van der Waals surface area contributed by atoms with Crippen LogP contribution in [0.5, 0.6) is 5.75 Å². The number of hydrogen-bond donors (Lipinski definition) is 0. The third-order valence-corrected chi connectivity index (χ3v) is 2.80. The lowest BCUT2D eigenvalue weighted by Crippen LogP contribution is -2.19. The van der Waals surface area contributed by atoms with Crippen molar-refractivity contribution in [1.29, 1.82) is 0 Å². The highest BCUT2D eigenvalue weighted by Gasteiger charge is 2.34. The number of rotatable bonds is 1. The van der Waals surface area contributed by atoms with Crippen LogP contribution in [0.15, 0.2) is 12.1 Å². The number of ketones is 1. The van der Waals surface area contributed by atoms with Gasteiger partial charge in [0.05, 0.1) is 5.56 Å². The second-order valence-corrected chi connectivity index (χ2v) is 4.08. The van der Waals surface area contributed by atoms with Crippen molar-refractivity contribution in [3.63, 3.8) is 0 Å². The van der Waals surface area contributed by atoms with E-state index in [1.807, 2.05) is 0 Å². The molecule has 0 atom stereocenters. The Labute approximate surface area is 101 Å². The number of alkyl halides is 3. The van der Waals surface area contributed by atoms with Crippen LogP contribution in [-0.4, -0.2) is 12.1 Å². The van der Waals surface area contributed by atoms with Crippen molar-refractivity contribution in [2.24, 2.45) is 0 Å². The van der Waals surface area contributed by atoms with Crippen LogP contribution in [-0.2, 0) is 6.42 Å². The van der Waals surface area contributed by atoms with Crippen LogP contribution in [0, 0.1) is 5.82 Å². The Hall–Kier alpha value is -1.59. The zero-order chi connectivity index (χ0) is 13.3. The van der Waals surface area contributed by atoms with E-state index in [2.05, 4.69) is 4.74 Å². The maximum absolute atomic E-state index is 13.5. The van der Waals surface area contributed by atoms with Crippen molar-refractivity contribution in [3.8, 4) is 5.75 Å². The number of Topliss-reactive ketones (excluding diaryl/α,β-unsaturated/α-hetero) is 1. The molecule has 0 fully saturated rings. The van der Waals surface area contributed by atoms with E-state index in [0.717, 1.165) is 12.1 Å². The fraction of sp³-hybridized carbons (Fsp3) is 0.417. The predicted molar refractivity (Wildman–Crippen MR) is 55.0 cm³/mol. The Morgan fingerprint density at radius 2 is 1.78 bits per heavy atom. The van der Waals surface area contributed by atoms with Gasteiger partial charge in [-0.05, 0) is 31.4 Å². The van der Waals surface area contributed by atoms with Gasteiger partial charge in [0.25, 0.3) is 0 Å². The van der Waals surface area contributed by atoms with Gasteiger partial charge < -0.3 is 4.74 Å². The van der Waals surface area contributed by atoms with Crippen molar-refractivity contribution in [3.05, 3.63) is 29.1 Å². The molecule has 0 saturated heterocycles. The highest BCUT2D eigenvalue weighted by molar-refractivity contribution is 6.00. The SMILES string of the molecule is O=C1CCCCc2c(F)ccc(OC(F)(F)F)c21. The molecule has 0 spiro atoms. The number of benzene rings is 1. The second kappa shape index (κ2) is 4.59. The van der Waals surface area contributed by atoms with E-state index in [-0.39, 0.29) is 24.0 Å². The first kappa shape index (κ1) is 12.9. The van der Waals surface area contributed by atoms with E-state index in [9.17, 15) is 22.4 Å². The summed E-state index contributed by atoms with van der Waals surface area (Å²) in [6.07, 6.45) is -3.41. The highest BCUT2D eigenvalue weighted by Crippen LogP contribution is 2.33. The number of carbonyl (C=O) groups is 1. The Balaban J connectivity index is 2.52. The smallest absolute Gasteiger partial charge is 0.405 e. The molecule has 1 aromatic carbocycles. The predicted octanol–water partition coefficient (Wildman–Crippen LogP) is 3.63. The molecule has 0 bridgehead atoms. The number of fused-ring (bicyclic) bond motifs is 1. The summed E-state index contributed by atoms with van der Waals surface area (Å²) in [6.45, 7) is 0. The van der Waals surface area contributed by atoms with Gasteiger partial charge in [0.15, 0.2) is 5.78 Å². The maximum atomic E-state index is 13.5. The average molecular weight is 262 g/mol. The molecule has 1 aliphatic rings. The van der Waals surface area contributed by atoms with Crippen LogP contribution in [0.1, 0.15) is 35.2 Å². The molecular weight excluding hydrogens is 252 g/mol. The molecule has 18 heavy (non-hydrogen) atoms. The standard InChI is InChI=1S/C12H10F4O2/c13-8-5-6-10(18-12(14,15)16)11-7(8)3-1-2-4-9(11)17/h5-6H,1-4H2. The van der Waals surface area contributed by atoms with Gasteiger partial charge in [-0.2, -0.15) is 0 Å². The normalized spacial score (nSPS) is 16.1. The topological polar surface area (TPSA) is 26.3 Å². The first-order valence-corrected chi connectivity index (χ1v) is 5.49. The first-order valence-electron chi connectivity index (χ1n) is 5.49. The number of halogens is 4. The lowest BCUT2D eigenvalue weighted by Gasteiger charge is -2.14. The van der Waals surface area contributed by atoms with E-state index < -0.39 is 23.7 Å². The molecule has 0 aromatic heterocycles. The summed E-state index contributed by atoms with van der Waals surface area (Å²) in [6, 6.07) is 1.75. The minimum atomic E-state index is -4.89. The molecule has 0 radical (unpaired) electrons. The van der Waals surface area contributed by atoms with Crippen LogP contribution in [0.4, 0.5) is 17.6 Å². The minimum absolute atomic E-state index is 0.0271. The number of hydrogen-bond acceptors (Lipinski definition) is 2. The Morgan fingerprint density at radius 3 is 2.44 bits per heavy atom. The summed E-state index contributed by atoms with van der Waals surface area (Å²) >= 11 is 0. The van der Waals surface area contributed by atoms with E-state index >= 15 is 0 Å². The largest absolute Gasteiger partial charge is 0.573 e. The number of ether oxygens (including phenoxy) is 1. The summed E-state index contributed by atoms with van der Waals surface area (Å²) in [5.74, 6) is -1.76. The third-order valence-electron chi connectivity index (χ3n) is 2.80. The quantitative estimate of drug-likeness (QED) is 0.570. The summed E-state index contributed by atoms with van der Waals surface area (Å²) < 4.78 is 54.0. The van der Waals surface area contributed by atoms with E-state index in [1.165, 1.54) is 0 Å². The van der Waals surface area contributed by atoms with Gasteiger partial charge in [0.1, 0.15) is 11.6 Å². The summed E-state index contributed by atoms with van der Waals surface area (Å²) in [5, 5.41) is 0. The zero-order valence-electron chi connectivity index (χ0n) is 9.31. The van der Waals surface area contributed by atoms with Crippen molar-refractivity contribution >= 4 is 5.78 Å². The molecule has 0 amide bonds. The summed E-state index contributed by atoms with van der Waals surface area (Å²) in [7, 11) is 0. The maximum Gasteiger partial charge on any atom is 0.573 e. The lowest BCUT2D eigenvalue weighted by atomic mass is 10.0. The van der Waals surface area contributed by atoms with Gasteiger partial charge in [-0.1, -0.05) is 0 Å². The lowest BCUT2D eigenvalue weighted by molar-refractivity contribution is -0.274. The van der Waals surface area contributed by atoms with Crippen molar-refractivity contribution in [1.82, 2.24) is 0 Å². The van der Waals surface area contributed by atoms with Crippen LogP contribution < -0.4 is 4.74 Å². The first-order chi connectivity index (χ1) is 8.38. The molecule has 0 unspecified atom stereocenters. The molecule has 98 valence electrons. The summed E-state index contributed by atoms with van der Waals surface area (Å²) in [5.41, 5.74) is -0.232. The average Bonchev–Trinajstić information content (AvgIpc) is 2.44. The van der Waals surface area contributed by atoms with Crippen LogP contribution in [0.3, 0.4) is 0 Å². The third kappa shape index (κ3) is 2.63. The molecule has 0 aliphatic heterocycles. The Bertz CT molecular complexity index is 480. The molecule has 6 heteroatoms. The van der Waals surface area contributed by atoms with E-state index in [4.69, 9.17) is 0 Å². The van der Waals surface area contributed by atoms with Crippen molar-refractivity contribution < 1.29 is 27.1 Å². The molecule has 0 saturated carbocycles. The van der Waals surface area contributed by atoms with Crippen LogP contribution in [0.2, 0.25) is 0 Å². The van der Waals surface area contributed by atoms with Gasteiger partial charge in [0.2, 0.25) is 0 Å². The number of carbonyl (C=O) groups excluding carboxylic acids is 1. The van der Waals surface area contributed by atoms with E-state index in [1.54, 1.807) is 0 Å². The van der Waals surface area contributed by atoms with Gasteiger partial charge in [0, 0.05) is 12.0 Å². The van der Waals surface area contributed by atoms with Gasteiger partial charge in [-0.15, -0.1) is 13.2 Å². The fourth-order valence-corrected chi connectivity index (χ4v) is 2.07. The summed E-state index contributed by atoms with van der Waals surface area (Å²) in [4.78, 5) is 11.8. The van der Waals surface area contributed by atoms with Gasteiger partial charge in [-0.25, -0.2) is 4.39 Å². The molecule has 1 aromatic rings. The Morgan fingerprint density at radius 1 is 1.11 bits per heavy atom. The molecule has 1 aliphatic carbocycles. The molecular formula is C12H10F4O2. The van der Waals surface area contributed by atoms with Crippen LogP contribution in [0.25, 0.3) is 0 Å². The van der Waals surface area contributed by atoms with E-state index in [0.29, 0.717) is 12.8 Å². The van der Waals surface area contributed by atoms with Gasteiger partial charge in [-0.3, -0.25) is 4.79 Å². The van der Waals surface area contributed by atoms with Crippen molar-refractivity contribution in [2.75, 3.05) is 0 Å². The van der Waals surface area contributed by atoms with Gasteiger partial charge >= 0.3 is 6.36 Å². The molecule has 2 rings (SSSR count). The van der Waals surface area contributed by atoms with Crippen molar-refractivity contribution in [2.45, 2.75) is 32.0 Å². The monoisotopic (exact) mass is 262 g/mol. The minimum Gasteiger partial charge on any atom is -0.405 e. The molecule has 2 nitrogen and oxygen atoms in total. The molecule has 0 N–H and O–H groups in total.